The van der Waals surface area contributed by atoms with Gasteiger partial charge in [0.2, 0.25) is 5.82 Å². The van der Waals surface area contributed by atoms with Crippen LogP contribution in [0.15, 0.2) is 30.5 Å². The molecule has 1 aromatic carbocycles. The van der Waals surface area contributed by atoms with Crippen LogP contribution in [-0.4, -0.2) is 29.5 Å². The number of aryl methyl sites for hydroxylation is 1. The van der Waals surface area contributed by atoms with Crippen molar-refractivity contribution in [3.8, 4) is 0 Å². The maximum absolute atomic E-state index is 11.6. The fourth-order valence-electron chi connectivity index (χ4n) is 2.85. The lowest BCUT2D eigenvalue weighted by molar-refractivity contribution is -0.384. The number of rotatable bonds is 3. The molecule has 1 aliphatic rings. The van der Waals surface area contributed by atoms with Crippen molar-refractivity contribution in [3.05, 3.63) is 57.3 Å². The van der Waals surface area contributed by atoms with Crippen LogP contribution >= 0.6 is 0 Å². The number of pyridine rings is 1. The van der Waals surface area contributed by atoms with Gasteiger partial charge in [-0.05, 0) is 30.5 Å². The van der Waals surface area contributed by atoms with Crippen LogP contribution in [0, 0.1) is 17.0 Å². The molecule has 1 aliphatic heterocycles. The number of nitro groups is 1. The molecule has 7 nitrogen and oxygen atoms in total. The van der Waals surface area contributed by atoms with Gasteiger partial charge in [0, 0.05) is 24.5 Å². The van der Waals surface area contributed by atoms with Crippen LogP contribution in [0.2, 0.25) is 0 Å². The number of esters is 1. The van der Waals surface area contributed by atoms with Gasteiger partial charge < -0.3 is 9.64 Å². The summed E-state index contributed by atoms with van der Waals surface area (Å²) in [7, 11) is 1.22. The summed E-state index contributed by atoms with van der Waals surface area (Å²) in [6, 6.07) is 7.07. The smallest absolute Gasteiger partial charge is 0.339 e. The van der Waals surface area contributed by atoms with Crippen molar-refractivity contribution in [2.75, 3.05) is 18.6 Å². The highest BCUT2D eigenvalue weighted by atomic mass is 16.6. The maximum atomic E-state index is 11.6. The number of methoxy groups -OCH3 is 1. The minimum Gasteiger partial charge on any atom is -0.465 e. The minimum atomic E-state index is -0.648. The molecule has 0 unspecified atom stereocenters. The van der Waals surface area contributed by atoms with Gasteiger partial charge in [0.05, 0.1) is 17.6 Å². The lowest BCUT2D eigenvalue weighted by Crippen LogP contribution is -2.17. The summed E-state index contributed by atoms with van der Waals surface area (Å²) < 4.78 is 4.59. The van der Waals surface area contributed by atoms with Crippen molar-refractivity contribution < 1.29 is 14.5 Å². The summed E-state index contributed by atoms with van der Waals surface area (Å²) in [5.41, 5.74) is 3.10. The van der Waals surface area contributed by atoms with Crippen LogP contribution < -0.4 is 4.90 Å². The van der Waals surface area contributed by atoms with Crippen LogP contribution in [0.5, 0.6) is 0 Å². The van der Waals surface area contributed by atoms with E-state index in [1.807, 2.05) is 30.0 Å². The Hall–Kier alpha value is -2.96. The molecule has 0 N–H and O–H groups in total. The molecule has 118 valence electrons. The second-order valence-electron chi connectivity index (χ2n) is 5.29. The fraction of sp³-hybridized carbons (Fsp3) is 0.250. The summed E-state index contributed by atoms with van der Waals surface area (Å²) in [6.45, 7) is 2.64. The zero-order chi connectivity index (χ0) is 16.6. The first-order valence-corrected chi connectivity index (χ1v) is 7.11. The van der Waals surface area contributed by atoms with Crippen LogP contribution in [0.25, 0.3) is 0 Å². The molecule has 0 saturated carbocycles. The van der Waals surface area contributed by atoms with E-state index in [1.165, 1.54) is 24.9 Å². The highest BCUT2D eigenvalue weighted by molar-refractivity contribution is 5.91. The third-order valence-corrected chi connectivity index (χ3v) is 3.98. The Bertz CT molecular complexity index is 804. The molecule has 0 amide bonds. The molecular formula is C16H15N3O4. The van der Waals surface area contributed by atoms with Crippen LogP contribution in [-0.2, 0) is 11.2 Å². The van der Waals surface area contributed by atoms with E-state index in [0.29, 0.717) is 6.54 Å². The summed E-state index contributed by atoms with van der Waals surface area (Å²) in [4.78, 5) is 28.4. The van der Waals surface area contributed by atoms with E-state index in [9.17, 15) is 14.9 Å². The van der Waals surface area contributed by atoms with Gasteiger partial charge in [0.1, 0.15) is 0 Å². The SMILES string of the molecule is COC(=O)c1cnc(N2CCc3c(C)cccc32)c([N+](=O)[O-])c1. The van der Waals surface area contributed by atoms with Crippen LogP contribution in [0.4, 0.5) is 17.2 Å². The molecular weight excluding hydrogens is 298 g/mol. The first-order chi connectivity index (χ1) is 11.0. The Morgan fingerprint density at radius 2 is 2.22 bits per heavy atom. The summed E-state index contributed by atoms with van der Waals surface area (Å²) in [5.74, 6) is -0.406. The van der Waals surface area contributed by atoms with Crippen molar-refractivity contribution in [1.82, 2.24) is 4.98 Å². The van der Waals surface area contributed by atoms with E-state index in [1.54, 1.807) is 0 Å². The van der Waals surface area contributed by atoms with Gasteiger partial charge in [0.25, 0.3) is 0 Å². The lowest BCUT2D eigenvalue weighted by Gasteiger charge is -2.18. The monoisotopic (exact) mass is 313 g/mol. The van der Waals surface area contributed by atoms with Crippen molar-refractivity contribution in [2.45, 2.75) is 13.3 Å². The van der Waals surface area contributed by atoms with Crippen LogP contribution in [0.1, 0.15) is 21.5 Å². The molecule has 1 aromatic heterocycles. The van der Waals surface area contributed by atoms with Crippen molar-refractivity contribution in [3.63, 3.8) is 0 Å². The van der Waals surface area contributed by atoms with Crippen molar-refractivity contribution in [1.29, 1.82) is 0 Å². The summed E-state index contributed by atoms with van der Waals surface area (Å²) in [6.07, 6.45) is 2.11. The van der Waals surface area contributed by atoms with E-state index in [2.05, 4.69) is 9.72 Å². The number of anilines is 2. The van der Waals surface area contributed by atoms with Crippen LogP contribution in [0.3, 0.4) is 0 Å². The molecule has 7 heteroatoms. The zero-order valence-electron chi connectivity index (χ0n) is 12.8. The first kappa shape index (κ1) is 15.0. The highest BCUT2D eigenvalue weighted by Gasteiger charge is 2.29. The molecule has 0 saturated heterocycles. The summed E-state index contributed by atoms with van der Waals surface area (Å²) in [5, 5.41) is 11.4. The van der Waals surface area contributed by atoms with Gasteiger partial charge in [-0.1, -0.05) is 12.1 Å². The molecule has 0 atom stereocenters. The number of hydrogen-bond acceptors (Lipinski definition) is 6. The number of carbonyl (C=O) groups excluding carboxylic acids is 1. The Morgan fingerprint density at radius 1 is 1.43 bits per heavy atom. The number of benzene rings is 1. The number of ether oxygens (including phenoxy) is 1. The Labute approximate surface area is 132 Å². The molecule has 3 rings (SSSR count). The Kier molecular flexibility index (Phi) is 3.69. The molecule has 2 heterocycles. The van der Waals surface area contributed by atoms with Crippen molar-refractivity contribution in [2.24, 2.45) is 0 Å². The van der Waals surface area contributed by atoms with Gasteiger partial charge in [-0.25, -0.2) is 9.78 Å². The molecule has 0 aliphatic carbocycles. The molecule has 0 spiro atoms. The number of carbonyl (C=O) groups is 1. The largest absolute Gasteiger partial charge is 0.465 e. The predicted octanol–water partition coefficient (Wildman–Crippen LogP) is 2.78. The molecule has 0 radical (unpaired) electrons. The second-order valence-corrected chi connectivity index (χ2v) is 5.29. The van der Waals surface area contributed by atoms with E-state index in [0.717, 1.165) is 17.7 Å². The number of hydrogen-bond donors (Lipinski definition) is 0. The van der Waals surface area contributed by atoms with Gasteiger partial charge in [-0.3, -0.25) is 10.1 Å². The zero-order valence-corrected chi connectivity index (χ0v) is 12.8. The molecule has 0 bridgehead atoms. The summed E-state index contributed by atoms with van der Waals surface area (Å²) >= 11 is 0. The lowest BCUT2D eigenvalue weighted by atomic mass is 10.1. The Balaban J connectivity index is 2.10. The first-order valence-electron chi connectivity index (χ1n) is 7.11. The Morgan fingerprint density at radius 3 is 2.91 bits per heavy atom. The van der Waals surface area contributed by atoms with E-state index in [-0.39, 0.29) is 17.1 Å². The fourth-order valence-corrected chi connectivity index (χ4v) is 2.85. The van der Waals surface area contributed by atoms with E-state index in [4.69, 9.17) is 0 Å². The van der Waals surface area contributed by atoms with Crippen molar-refractivity contribution >= 4 is 23.2 Å². The normalized spacial score (nSPS) is 12.9. The molecule has 0 fully saturated rings. The van der Waals surface area contributed by atoms with E-state index < -0.39 is 10.9 Å². The van der Waals surface area contributed by atoms with E-state index >= 15 is 0 Å². The minimum absolute atomic E-state index is 0.0617. The maximum Gasteiger partial charge on any atom is 0.339 e. The third kappa shape index (κ3) is 2.50. The number of nitrogens with zero attached hydrogens (tertiary/aromatic N) is 3. The quantitative estimate of drug-likeness (QED) is 0.492. The number of fused-ring (bicyclic) bond motifs is 1. The third-order valence-electron chi connectivity index (χ3n) is 3.98. The topological polar surface area (TPSA) is 85.6 Å². The standard InChI is InChI=1S/C16H15N3O4/c1-10-4-3-5-13-12(10)6-7-18(13)15-14(19(21)22)8-11(9-17-15)16(20)23-2/h3-5,8-9H,6-7H2,1-2H3. The van der Waals surface area contributed by atoms with Gasteiger partial charge in [-0.2, -0.15) is 0 Å². The van der Waals surface area contributed by atoms with Gasteiger partial charge in [0.15, 0.2) is 0 Å². The average molecular weight is 313 g/mol. The predicted molar refractivity (Wildman–Crippen MR) is 84.1 cm³/mol. The second kappa shape index (κ2) is 5.68. The van der Waals surface area contributed by atoms with Gasteiger partial charge >= 0.3 is 11.7 Å². The molecule has 23 heavy (non-hydrogen) atoms. The average Bonchev–Trinajstić information content (AvgIpc) is 2.98. The molecule has 2 aromatic rings. The van der Waals surface area contributed by atoms with Gasteiger partial charge in [-0.15, -0.1) is 0 Å². The highest BCUT2D eigenvalue weighted by Crippen LogP contribution is 2.39. The number of aromatic nitrogens is 1.